The van der Waals surface area contributed by atoms with E-state index in [2.05, 4.69) is 20.2 Å². The number of fused-ring (bicyclic) bond motifs is 1. The van der Waals surface area contributed by atoms with Crippen LogP contribution in [0.15, 0.2) is 54.9 Å². The summed E-state index contributed by atoms with van der Waals surface area (Å²) in [6, 6.07) is 15.6. The second kappa shape index (κ2) is 9.94. The van der Waals surface area contributed by atoms with Crippen molar-refractivity contribution in [2.75, 3.05) is 23.4 Å². The van der Waals surface area contributed by atoms with Gasteiger partial charge in [0.1, 0.15) is 0 Å². The summed E-state index contributed by atoms with van der Waals surface area (Å²) < 4.78 is 2.09. The summed E-state index contributed by atoms with van der Waals surface area (Å²) in [6.07, 6.45) is 2.65. The van der Waals surface area contributed by atoms with Crippen molar-refractivity contribution < 1.29 is 9.59 Å². The van der Waals surface area contributed by atoms with Crippen molar-refractivity contribution in [2.45, 2.75) is 19.9 Å². The Labute approximate surface area is 168 Å². The van der Waals surface area contributed by atoms with Crippen LogP contribution in [0.3, 0.4) is 0 Å². The molecule has 0 aliphatic carbocycles. The summed E-state index contributed by atoms with van der Waals surface area (Å²) in [5.41, 5.74) is 3.95. The molecule has 2 aromatic carbocycles. The minimum atomic E-state index is -0.101. The second-order valence-corrected chi connectivity index (χ2v) is 7.53. The third-order valence-electron chi connectivity index (χ3n) is 4.19. The monoisotopic (exact) mass is 396 g/mol. The van der Waals surface area contributed by atoms with E-state index in [-0.39, 0.29) is 23.3 Å². The van der Waals surface area contributed by atoms with Gasteiger partial charge in [-0.15, -0.1) is 11.8 Å². The fraction of sp³-hybridized carbons (Fsp3) is 0.286. The zero-order valence-corrected chi connectivity index (χ0v) is 16.7. The number of nitrogens with one attached hydrogen (secondary N) is 2. The molecule has 3 rings (SSSR count). The van der Waals surface area contributed by atoms with E-state index < -0.39 is 0 Å². The highest BCUT2D eigenvalue weighted by Gasteiger charge is 2.06. The fourth-order valence-corrected chi connectivity index (χ4v) is 3.52. The van der Waals surface area contributed by atoms with Crippen LogP contribution in [0, 0.1) is 6.92 Å². The Morgan fingerprint density at radius 1 is 1.07 bits per heavy atom. The van der Waals surface area contributed by atoms with E-state index in [0.29, 0.717) is 6.54 Å². The third-order valence-corrected chi connectivity index (χ3v) is 5.13. The Bertz CT molecular complexity index is 954. The maximum atomic E-state index is 11.9. The van der Waals surface area contributed by atoms with Crippen LogP contribution in [-0.4, -0.2) is 39.4 Å². The van der Waals surface area contributed by atoms with Gasteiger partial charge in [-0.25, -0.2) is 4.98 Å². The lowest BCUT2D eigenvalue weighted by molar-refractivity contribution is -0.118. The van der Waals surface area contributed by atoms with E-state index in [1.165, 1.54) is 11.8 Å². The summed E-state index contributed by atoms with van der Waals surface area (Å²) in [5, 5.41) is 5.74. The average molecular weight is 397 g/mol. The lowest BCUT2D eigenvalue weighted by Crippen LogP contribution is -2.27. The summed E-state index contributed by atoms with van der Waals surface area (Å²) in [7, 11) is 0. The Hall–Kier alpha value is -2.80. The highest BCUT2D eigenvalue weighted by atomic mass is 32.2. The smallest absolute Gasteiger partial charge is 0.234 e. The SMILES string of the molecule is Cc1cccc(NC(=O)CSCC(=O)NCCCn2cnc3ccccc32)c1. The maximum absolute atomic E-state index is 11.9. The number of rotatable bonds is 9. The van der Waals surface area contributed by atoms with Gasteiger partial charge in [0.2, 0.25) is 11.8 Å². The normalized spacial score (nSPS) is 10.8. The Morgan fingerprint density at radius 2 is 1.89 bits per heavy atom. The Balaban J connectivity index is 1.30. The number of nitrogens with zero attached hydrogens (tertiary/aromatic N) is 2. The quantitative estimate of drug-likeness (QED) is 0.545. The lowest BCUT2D eigenvalue weighted by Gasteiger charge is -2.07. The Kier molecular flexibility index (Phi) is 7.08. The number of hydrogen-bond acceptors (Lipinski definition) is 4. The first kappa shape index (κ1) is 19.9. The van der Waals surface area contributed by atoms with E-state index in [0.717, 1.165) is 35.2 Å². The largest absolute Gasteiger partial charge is 0.355 e. The molecule has 0 bridgehead atoms. The van der Waals surface area contributed by atoms with Gasteiger partial charge in [0.25, 0.3) is 0 Å². The molecule has 0 radical (unpaired) electrons. The van der Waals surface area contributed by atoms with Crippen molar-refractivity contribution in [3.8, 4) is 0 Å². The van der Waals surface area contributed by atoms with E-state index in [1.54, 1.807) is 0 Å². The number of carbonyl (C=O) groups is 2. The molecule has 0 aliphatic heterocycles. The molecule has 0 aliphatic rings. The molecular weight excluding hydrogens is 372 g/mol. The summed E-state index contributed by atoms with van der Waals surface area (Å²) in [5.74, 6) is 0.372. The third kappa shape index (κ3) is 5.85. The molecule has 0 saturated carbocycles. The summed E-state index contributed by atoms with van der Waals surface area (Å²) >= 11 is 1.31. The van der Waals surface area contributed by atoms with Gasteiger partial charge < -0.3 is 15.2 Å². The van der Waals surface area contributed by atoms with Gasteiger partial charge in [0.05, 0.1) is 28.9 Å². The number of aromatic nitrogens is 2. The minimum Gasteiger partial charge on any atom is -0.355 e. The fourth-order valence-electron chi connectivity index (χ4n) is 2.87. The van der Waals surface area contributed by atoms with Gasteiger partial charge in [-0.1, -0.05) is 24.3 Å². The lowest BCUT2D eigenvalue weighted by atomic mass is 10.2. The highest BCUT2D eigenvalue weighted by Crippen LogP contribution is 2.12. The van der Waals surface area contributed by atoms with Crippen LogP contribution in [0.25, 0.3) is 11.0 Å². The van der Waals surface area contributed by atoms with Crippen LogP contribution in [0.2, 0.25) is 0 Å². The van der Waals surface area contributed by atoms with Crippen molar-refractivity contribution in [3.05, 3.63) is 60.4 Å². The van der Waals surface area contributed by atoms with Crippen molar-refractivity contribution in [2.24, 2.45) is 0 Å². The number of thioether (sulfide) groups is 1. The first-order valence-electron chi connectivity index (χ1n) is 9.22. The maximum Gasteiger partial charge on any atom is 0.234 e. The summed E-state index contributed by atoms with van der Waals surface area (Å²) in [4.78, 5) is 28.2. The molecule has 1 heterocycles. The zero-order valence-electron chi connectivity index (χ0n) is 15.9. The molecule has 2 amide bonds. The number of benzene rings is 2. The first-order chi connectivity index (χ1) is 13.6. The van der Waals surface area contributed by atoms with Crippen LogP contribution >= 0.6 is 11.8 Å². The second-order valence-electron chi connectivity index (χ2n) is 6.54. The van der Waals surface area contributed by atoms with Crippen molar-refractivity contribution in [3.63, 3.8) is 0 Å². The van der Waals surface area contributed by atoms with Gasteiger partial charge in [0.15, 0.2) is 0 Å². The number of hydrogen-bond donors (Lipinski definition) is 2. The number of carbonyl (C=O) groups excluding carboxylic acids is 2. The van der Waals surface area contributed by atoms with Crippen molar-refractivity contribution in [1.29, 1.82) is 0 Å². The van der Waals surface area contributed by atoms with Gasteiger partial charge in [0, 0.05) is 18.8 Å². The van der Waals surface area contributed by atoms with Gasteiger partial charge in [-0.05, 0) is 43.2 Å². The molecule has 2 N–H and O–H groups in total. The van der Waals surface area contributed by atoms with Crippen molar-refractivity contribution >= 4 is 40.3 Å². The first-order valence-corrected chi connectivity index (χ1v) is 10.4. The molecular formula is C21H24N4O2S. The predicted octanol–water partition coefficient (Wildman–Crippen LogP) is 3.22. The van der Waals surface area contributed by atoms with Gasteiger partial charge >= 0.3 is 0 Å². The van der Waals surface area contributed by atoms with Crippen LogP contribution in [0.1, 0.15) is 12.0 Å². The van der Waals surface area contributed by atoms with Crippen LogP contribution < -0.4 is 10.6 Å². The molecule has 3 aromatic rings. The molecule has 0 saturated heterocycles. The van der Waals surface area contributed by atoms with E-state index in [1.807, 2.05) is 61.8 Å². The minimum absolute atomic E-state index is 0.0520. The van der Waals surface area contributed by atoms with Crippen LogP contribution in [0.5, 0.6) is 0 Å². The average Bonchev–Trinajstić information content (AvgIpc) is 3.08. The summed E-state index contributed by atoms with van der Waals surface area (Å²) in [6.45, 7) is 3.37. The molecule has 1 aromatic heterocycles. The molecule has 7 heteroatoms. The molecule has 0 unspecified atom stereocenters. The highest BCUT2D eigenvalue weighted by molar-refractivity contribution is 8.00. The molecule has 146 valence electrons. The molecule has 0 fully saturated rings. The zero-order chi connectivity index (χ0) is 19.8. The molecule has 0 spiro atoms. The molecule has 6 nitrogen and oxygen atoms in total. The number of para-hydroxylation sites is 2. The topological polar surface area (TPSA) is 76.0 Å². The van der Waals surface area contributed by atoms with E-state index in [4.69, 9.17) is 0 Å². The Morgan fingerprint density at radius 3 is 2.75 bits per heavy atom. The number of aryl methyl sites for hydroxylation is 2. The van der Waals surface area contributed by atoms with E-state index >= 15 is 0 Å². The van der Waals surface area contributed by atoms with Crippen LogP contribution in [0.4, 0.5) is 5.69 Å². The standard InChI is InChI=1S/C21H24N4O2S/c1-16-6-4-7-17(12-16)24-21(27)14-28-13-20(26)22-10-5-11-25-15-23-18-8-2-3-9-19(18)25/h2-4,6-9,12,15H,5,10-11,13-14H2,1H3,(H,22,26)(H,24,27). The molecule has 28 heavy (non-hydrogen) atoms. The van der Waals surface area contributed by atoms with E-state index in [9.17, 15) is 9.59 Å². The number of anilines is 1. The molecule has 0 atom stereocenters. The number of imidazole rings is 1. The van der Waals surface area contributed by atoms with Gasteiger partial charge in [-0.2, -0.15) is 0 Å². The van der Waals surface area contributed by atoms with Crippen LogP contribution in [-0.2, 0) is 16.1 Å². The van der Waals surface area contributed by atoms with Gasteiger partial charge in [-0.3, -0.25) is 9.59 Å². The van der Waals surface area contributed by atoms with Crippen molar-refractivity contribution in [1.82, 2.24) is 14.9 Å². The number of amides is 2. The predicted molar refractivity (Wildman–Crippen MR) is 114 cm³/mol.